The Morgan fingerprint density at radius 2 is 1.79 bits per heavy atom. The Hall–Kier alpha value is -3.75. The van der Waals surface area contributed by atoms with Crippen LogP contribution in [0.2, 0.25) is 5.02 Å². The average Bonchev–Trinajstić information content (AvgIpc) is 3.00. The first kappa shape index (κ1) is 28.4. The molecule has 216 valence electrons. The molecule has 7 nitrogen and oxygen atoms in total. The SMILES string of the molecule is COc1ccc(-n2c(SCC(=O)Nc3ccc(OC)c(Cl)c3)nc3c(c2=O)C2(CCCCC2)Cc2ccccc2-3)cc1. The number of halogens is 1. The van der Waals surface area contributed by atoms with E-state index in [1.54, 1.807) is 37.0 Å². The number of aromatic nitrogens is 2. The van der Waals surface area contributed by atoms with E-state index in [1.165, 1.54) is 23.7 Å². The molecule has 1 amide bonds. The molecule has 4 aromatic rings. The van der Waals surface area contributed by atoms with Crippen molar-refractivity contribution in [3.05, 3.63) is 93.2 Å². The topological polar surface area (TPSA) is 82.4 Å². The molecule has 42 heavy (non-hydrogen) atoms. The van der Waals surface area contributed by atoms with Gasteiger partial charge < -0.3 is 14.8 Å². The normalized spacial score (nSPS) is 15.0. The second-order valence-corrected chi connectivity index (χ2v) is 12.2. The molecule has 2 aliphatic rings. The molecule has 0 unspecified atom stereocenters. The number of hydrogen-bond acceptors (Lipinski definition) is 6. The molecule has 6 rings (SSSR count). The predicted octanol–water partition coefficient (Wildman–Crippen LogP) is 7.06. The zero-order valence-electron chi connectivity index (χ0n) is 23.6. The number of nitrogens with one attached hydrogen (secondary N) is 1. The smallest absolute Gasteiger partial charge is 0.263 e. The van der Waals surface area contributed by atoms with E-state index in [2.05, 4.69) is 23.5 Å². The molecular formula is C33H32ClN3O4S. The monoisotopic (exact) mass is 601 g/mol. The molecule has 0 saturated heterocycles. The van der Waals surface area contributed by atoms with Gasteiger partial charge in [-0.25, -0.2) is 4.98 Å². The van der Waals surface area contributed by atoms with Crippen LogP contribution in [0.3, 0.4) is 0 Å². The Kier molecular flexibility index (Phi) is 8.01. The molecule has 1 spiro atoms. The van der Waals surface area contributed by atoms with Crippen LogP contribution >= 0.6 is 23.4 Å². The van der Waals surface area contributed by atoms with Crippen molar-refractivity contribution in [3.8, 4) is 28.4 Å². The second-order valence-electron chi connectivity index (χ2n) is 10.8. The first-order valence-corrected chi connectivity index (χ1v) is 15.5. The number of hydrogen-bond donors (Lipinski definition) is 1. The molecule has 1 N–H and O–H groups in total. The zero-order chi connectivity index (χ0) is 29.3. The van der Waals surface area contributed by atoms with Crippen molar-refractivity contribution >= 4 is 35.0 Å². The summed E-state index contributed by atoms with van der Waals surface area (Å²) in [7, 11) is 3.15. The number of benzene rings is 3. The van der Waals surface area contributed by atoms with Crippen LogP contribution in [-0.4, -0.2) is 35.4 Å². The minimum absolute atomic E-state index is 0.0534. The summed E-state index contributed by atoms with van der Waals surface area (Å²) in [5, 5.41) is 3.76. The van der Waals surface area contributed by atoms with Crippen LogP contribution in [0.4, 0.5) is 5.69 Å². The molecule has 1 heterocycles. The molecule has 1 saturated carbocycles. The fourth-order valence-corrected chi connectivity index (χ4v) is 7.38. The molecule has 0 bridgehead atoms. The van der Waals surface area contributed by atoms with Crippen molar-refractivity contribution in [2.75, 3.05) is 25.3 Å². The summed E-state index contributed by atoms with van der Waals surface area (Å²) in [5.74, 6) is 1.04. The summed E-state index contributed by atoms with van der Waals surface area (Å²) in [6.07, 6.45) is 6.14. The number of rotatable bonds is 7. The van der Waals surface area contributed by atoms with Crippen molar-refractivity contribution < 1.29 is 14.3 Å². The fourth-order valence-electron chi connectivity index (χ4n) is 6.32. The third kappa shape index (κ3) is 5.29. The number of anilines is 1. The number of fused-ring (bicyclic) bond motifs is 4. The van der Waals surface area contributed by atoms with E-state index in [9.17, 15) is 9.59 Å². The van der Waals surface area contributed by atoms with E-state index in [-0.39, 0.29) is 22.6 Å². The predicted molar refractivity (Wildman–Crippen MR) is 168 cm³/mol. The van der Waals surface area contributed by atoms with Gasteiger partial charge in [0.25, 0.3) is 5.56 Å². The van der Waals surface area contributed by atoms with Gasteiger partial charge in [0.15, 0.2) is 5.16 Å². The Balaban J connectivity index is 1.43. The van der Waals surface area contributed by atoms with Crippen molar-refractivity contribution in [2.24, 2.45) is 0 Å². The molecular weight excluding hydrogens is 570 g/mol. The summed E-state index contributed by atoms with van der Waals surface area (Å²) in [6, 6.07) is 20.8. The van der Waals surface area contributed by atoms with Crippen LogP contribution in [0.5, 0.6) is 11.5 Å². The van der Waals surface area contributed by atoms with Crippen molar-refractivity contribution in [2.45, 2.75) is 49.1 Å². The lowest BCUT2D eigenvalue weighted by molar-refractivity contribution is -0.113. The van der Waals surface area contributed by atoms with Gasteiger partial charge in [-0.1, -0.05) is 66.9 Å². The van der Waals surface area contributed by atoms with E-state index in [0.717, 1.165) is 48.9 Å². The lowest BCUT2D eigenvalue weighted by Gasteiger charge is -2.42. The van der Waals surface area contributed by atoms with E-state index in [1.807, 2.05) is 30.3 Å². The Morgan fingerprint density at radius 3 is 2.50 bits per heavy atom. The number of carbonyl (C=O) groups excluding carboxylic acids is 1. The average molecular weight is 602 g/mol. The Morgan fingerprint density at radius 1 is 1.02 bits per heavy atom. The summed E-state index contributed by atoms with van der Waals surface area (Å²) in [5.41, 5.74) is 4.72. The van der Waals surface area contributed by atoms with Crippen molar-refractivity contribution in [3.63, 3.8) is 0 Å². The lowest BCUT2D eigenvalue weighted by atomic mass is 9.62. The third-order valence-electron chi connectivity index (χ3n) is 8.29. The summed E-state index contributed by atoms with van der Waals surface area (Å²) < 4.78 is 12.2. The third-order valence-corrected chi connectivity index (χ3v) is 9.53. The first-order chi connectivity index (χ1) is 20.4. The standard InChI is InChI=1S/C33H32ClN3O4S/c1-40-24-13-11-23(12-14-24)37-31(39)29-30(25-9-5-4-8-21(25)19-33(29)16-6-3-7-17-33)36-32(37)42-20-28(38)35-22-10-15-27(41-2)26(34)18-22/h4-5,8-15,18H,3,6-7,16-17,19-20H2,1-2H3,(H,35,38). The minimum atomic E-state index is -0.242. The lowest BCUT2D eigenvalue weighted by Crippen LogP contribution is -2.43. The fraction of sp³-hybridized carbons (Fsp3) is 0.303. The number of carbonyl (C=O) groups is 1. The van der Waals surface area contributed by atoms with Crippen molar-refractivity contribution in [1.82, 2.24) is 9.55 Å². The molecule has 1 fully saturated rings. The summed E-state index contributed by atoms with van der Waals surface area (Å²) in [6.45, 7) is 0. The highest BCUT2D eigenvalue weighted by Crippen LogP contribution is 2.49. The Labute approximate surface area is 254 Å². The van der Waals surface area contributed by atoms with Crippen molar-refractivity contribution in [1.29, 1.82) is 0 Å². The van der Waals surface area contributed by atoms with Gasteiger partial charge in [-0.15, -0.1) is 0 Å². The van der Waals surface area contributed by atoms with Crippen LogP contribution in [0, 0.1) is 0 Å². The number of thioether (sulfide) groups is 1. The summed E-state index contributed by atoms with van der Waals surface area (Å²) in [4.78, 5) is 32.9. The molecule has 0 aliphatic heterocycles. The van der Waals surface area contributed by atoms with Gasteiger partial charge >= 0.3 is 0 Å². The van der Waals surface area contributed by atoms with E-state index in [4.69, 9.17) is 26.1 Å². The molecule has 0 radical (unpaired) electrons. The molecule has 3 aromatic carbocycles. The quantitative estimate of drug-likeness (QED) is 0.180. The van der Waals surface area contributed by atoms with Gasteiger partial charge in [0.1, 0.15) is 11.5 Å². The first-order valence-electron chi connectivity index (χ1n) is 14.1. The van der Waals surface area contributed by atoms with Gasteiger partial charge in [0.2, 0.25) is 5.91 Å². The molecule has 0 atom stereocenters. The number of ether oxygens (including phenoxy) is 2. The van der Waals surface area contributed by atoms with Gasteiger partial charge in [0.05, 0.1) is 41.9 Å². The van der Waals surface area contributed by atoms with Gasteiger partial charge in [-0.2, -0.15) is 0 Å². The highest BCUT2D eigenvalue weighted by molar-refractivity contribution is 7.99. The maximum atomic E-state index is 14.7. The van der Waals surface area contributed by atoms with Gasteiger partial charge in [-0.3, -0.25) is 14.2 Å². The highest BCUT2D eigenvalue weighted by atomic mass is 35.5. The van der Waals surface area contributed by atoms with E-state index >= 15 is 0 Å². The van der Waals surface area contributed by atoms with Crippen LogP contribution < -0.4 is 20.3 Å². The number of nitrogens with zero attached hydrogens (tertiary/aromatic N) is 2. The molecule has 9 heteroatoms. The zero-order valence-corrected chi connectivity index (χ0v) is 25.2. The van der Waals surface area contributed by atoms with Crippen LogP contribution in [-0.2, 0) is 16.6 Å². The molecule has 2 aliphatic carbocycles. The van der Waals surface area contributed by atoms with Gasteiger partial charge in [0, 0.05) is 16.7 Å². The summed E-state index contributed by atoms with van der Waals surface area (Å²) >= 11 is 7.48. The minimum Gasteiger partial charge on any atom is -0.497 e. The number of amides is 1. The second kappa shape index (κ2) is 11.9. The molecule has 1 aromatic heterocycles. The highest BCUT2D eigenvalue weighted by Gasteiger charge is 2.43. The van der Waals surface area contributed by atoms with Gasteiger partial charge in [-0.05, 0) is 67.3 Å². The van der Waals surface area contributed by atoms with Crippen LogP contribution in [0.1, 0.15) is 43.2 Å². The maximum Gasteiger partial charge on any atom is 0.263 e. The van der Waals surface area contributed by atoms with E-state index in [0.29, 0.717) is 33.1 Å². The Bertz CT molecular complexity index is 1700. The van der Waals surface area contributed by atoms with E-state index < -0.39 is 0 Å². The van der Waals surface area contributed by atoms with Crippen LogP contribution in [0.25, 0.3) is 16.9 Å². The van der Waals surface area contributed by atoms with Crippen LogP contribution in [0.15, 0.2) is 76.7 Å². The number of methoxy groups -OCH3 is 2. The maximum absolute atomic E-state index is 14.7. The largest absolute Gasteiger partial charge is 0.497 e.